The number of carboxylic acids is 1. The van der Waals surface area contributed by atoms with Gasteiger partial charge < -0.3 is 15.0 Å². The van der Waals surface area contributed by atoms with Crippen LogP contribution >= 0.6 is 11.5 Å². The average molecular weight is 279 g/mol. The fraction of sp³-hybridized carbons (Fsp3) is 0.300. The van der Waals surface area contributed by atoms with Crippen LogP contribution in [0.5, 0.6) is 0 Å². The number of aliphatic carboxylic acids is 1. The minimum Gasteiger partial charge on any atom is -0.480 e. The van der Waals surface area contributed by atoms with Crippen LogP contribution in [-0.2, 0) is 17.8 Å². The predicted molar refractivity (Wildman–Crippen MR) is 63.5 cm³/mol. The summed E-state index contributed by atoms with van der Waals surface area (Å²) in [5.74, 6) is -1.48. The van der Waals surface area contributed by atoms with Crippen molar-refractivity contribution in [3.8, 4) is 0 Å². The molecule has 1 amide bonds. The molecule has 0 aliphatic carbocycles. The van der Waals surface area contributed by atoms with Gasteiger partial charge in [-0.25, -0.2) is 9.78 Å². The van der Waals surface area contributed by atoms with Gasteiger partial charge in [-0.1, -0.05) is 4.49 Å². The van der Waals surface area contributed by atoms with E-state index in [4.69, 9.17) is 0 Å². The molecule has 0 aromatic carbocycles. The van der Waals surface area contributed by atoms with Gasteiger partial charge in [-0.3, -0.25) is 4.79 Å². The summed E-state index contributed by atoms with van der Waals surface area (Å²) in [6.45, 7) is 0.183. The molecule has 1 atom stereocenters. The molecule has 0 radical (unpaired) electrons. The molecule has 2 N–H and O–H groups in total. The quantitative estimate of drug-likeness (QED) is 0.794. The van der Waals surface area contributed by atoms with E-state index in [1.165, 1.54) is 16.6 Å². The lowest BCUT2D eigenvalue weighted by Gasteiger charge is -2.31. The molecule has 8 nitrogen and oxygen atoms in total. The Bertz CT molecular complexity index is 623. The number of hydrogen-bond donors (Lipinski definition) is 2. The number of carbonyl (C=O) groups excluding carboxylic acids is 1. The smallest absolute Gasteiger partial charge is 0.326 e. The molecule has 98 valence electrons. The molecular formula is C10H9N5O3S. The van der Waals surface area contributed by atoms with E-state index in [0.717, 1.165) is 17.2 Å². The molecule has 3 heterocycles. The van der Waals surface area contributed by atoms with Gasteiger partial charge in [0.2, 0.25) is 0 Å². The minimum absolute atomic E-state index is 0.166. The van der Waals surface area contributed by atoms with E-state index in [9.17, 15) is 14.7 Å². The van der Waals surface area contributed by atoms with E-state index in [1.807, 2.05) is 0 Å². The van der Waals surface area contributed by atoms with Gasteiger partial charge in [-0.15, -0.1) is 5.10 Å². The molecule has 1 unspecified atom stereocenters. The zero-order chi connectivity index (χ0) is 13.4. The Balaban J connectivity index is 1.95. The number of imidazole rings is 1. The van der Waals surface area contributed by atoms with Crippen LogP contribution < -0.4 is 0 Å². The van der Waals surface area contributed by atoms with Crippen LogP contribution in [0.25, 0.3) is 0 Å². The molecule has 19 heavy (non-hydrogen) atoms. The van der Waals surface area contributed by atoms with Crippen molar-refractivity contribution >= 4 is 23.4 Å². The van der Waals surface area contributed by atoms with Gasteiger partial charge in [-0.05, 0) is 11.5 Å². The summed E-state index contributed by atoms with van der Waals surface area (Å²) in [7, 11) is 0. The van der Waals surface area contributed by atoms with Crippen LogP contribution in [0.2, 0.25) is 0 Å². The second kappa shape index (κ2) is 4.43. The lowest BCUT2D eigenvalue weighted by Crippen LogP contribution is -2.48. The first-order chi connectivity index (χ1) is 9.16. The Morgan fingerprint density at radius 3 is 3.05 bits per heavy atom. The lowest BCUT2D eigenvalue weighted by atomic mass is 10.0. The van der Waals surface area contributed by atoms with Crippen molar-refractivity contribution in [3.05, 3.63) is 28.8 Å². The molecule has 2 aromatic heterocycles. The minimum atomic E-state index is -1.05. The standard InChI is InChI=1S/C10H9N5O3S/c16-9(7-3-19-14-13-7)15-2-6-5(11-4-12-6)1-8(15)10(17)18/h3-4,8H,1-2H2,(H,11,12)(H,17,18). The van der Waals surface area contributed by atoms with Gasteiger partial charge in [-0.2, -0.15) is 0 Å². The summed E-state index contributed by atoms with van der Waals surface area (Å²) in [5.41, 5.74) is 1.61. The second-order valence-corrected chi connectivity index (χ2v) is 4.72. The maximum absolute atomic E-state index is 12.2. The Labute approximate surface area is 111 Å². The molecule has 2 aromatic rings. The van der Waals surface area contributed by atoms with Crippen LogP contribution in [-0.4, -0.2) is 47.5 Å². The summed E-state index contributed by atoms with van der Waals surface area (Å²) in [6, 6.07) is -0.926. The van der Waals surface area contributed by atoms with Gasteiger partial charge in [0.15, 0.2) is 5.69 Å². The van der Waals surface area contributed by atoms with Crippen LogP contribution in [0.3, 0.4) is 0 Å². The first-order valence-electron chi connectivity index (χ1n) is 5.48. The van der Waals surface area contributed by atoms with Crippen molar-refractivity contribution in [1.82, 2.24) is 24.5 Å². The molecule has 1 aliphatic heterocycles. The van der Waals surface area contributed by atoms with E-state index in [1.54, 1.807) is 0 Å². The second-order valence-electron chi connectivity index (χ2n) is 4.11. The number of rotatable bonds is 2. The number of carbonyl (C=O) groups is 2. The van der Waals surface area contributed by atoms with E-state index in [-0.39, 0.29) is 18.7 Å². The zero-order valence-corrected chi connectivity index (χ0v) is 10.4. The maximum Gasteiger partial charge on any atom is 0.326 e. The number of aromatic nitrogens is 4. The van der Waals surface area contributed by atoms with E-state index >= 15 is 0 Å². The molecule has 0 saturated heterocycles. The predicted octanol–water partition coefficient (Wildman–Crippen LogP) is -0.0871. The number of hydrogen-bond acceptors (Lipinski definition) is 6. The highest BCUT2D eigenvalue weighted by molar-refractivity contribution is 7.03. The van der Waals surface area contributed by atoms with Crippen molar-refractivity contribution in [2.75, 3.05) is 0 Å². The summed E-state index contributed by atoms with van der Waals surface area (Å²) in [5, 5.41) is 14.4. The van der Waals surface area contributed by atoms with Gasteiger partial charge >= 0.3 is 5.97 Å². The zero-order valence-electron chi connectivity index (χ0n) is 9.61. The van der Waals surface area contributed by atoms with Gasteiger partial charge in [0.05, 0.1) is 24.3 Å². The SMILES string of the molecule is O=C(O)C1Cc2nc[nH]c2CN1C(=O)c1csnn1. The highest BCUT2D eigenvalue weighted by Gasteiger charge is 2.37. The first kappa shape index (κ1) is 11.8. The third-order valence-electron chi connectivity index (χ3n) is 3.02. The van der Waals surface area contributed by atoms with E-state index < -0.39 is 17.9 Å². The summed E-state index contributed by atoms with van der Waals surface area (Å²) >= 11 is 1.05. The third kappa shape index (κ3) is 1.97. The molecule has 0 fully saturated rings. The maximum atomic E-state index is 12.2. The number of H-pyrrole nitrogens is 1. The van der Waals surface area contributed by atoms with E-state index in [0.29, 0.717) is 5.69 Å². The molecule has 0 saturated carbocycles. The Kier molecular flexibility index (Phi) is 2.75. The van der Waals surface area contributed by atoms with Crippen LogP contribution in [0, 0.1) is 0 Å². The number of nitrogens with zero attached hydrogens (tertiary/aromatic N) is 4. The van der Waals surface area contributed by atoms with Crippen molar-refractivity contribution < 1.29 is 14.7 Å². The topological polar surface area (TPSA) is 112 Å². The lowest BCUT2D eigenvalue weighted by molar-refractivity contribution is -0.142. The van der Waals surface area contributed by atoms with Gasteiger partial charge in [0.25, 0.3) is 5.91 Å². The van der Waals surface area contributed by atoms with Crippen LogP contribution in [0.4, 0.5) is 0 Å². The number of nitrogens with one attached hydrogen (secondary N) is 1. The van der Waals surface area contributed by atoms with Crippen molar-refractivity contribution in [2.45, 2.75) is 19.0 Å². The Morgan fingerprint density at radius 2 is 2.37 bits per heavy atom. The number of amides is 1. The number of aromatic amines is 1. The average Bonchev–Trinajstić information content (AvgIpc) is 3.06. The van der Waals surface area contributed by atoms with Crippen LogP contribution in [0.15, 0.2) is 11.7 Å². The largest absolute Gasteiger partial charge is 0.480 e. The highest BCUT2D eigenvalue weighted by Crippen LogP contribution is 2.22. The molecule has 1 aliphatic rings. The van der Waals surface area contributed by atoms with E-state index in [2.05, 4.69) is 19.6 Å². The summed E-state index contributed by atoms with van der Waals surface area (Å²) in [6.07, 6.45) is 1.69. The van der Waals surface area contributed by atoms with Crippen LogP contribution in [0.1, 0.15) is 21.9 Å². The fourth-order valence-corrected chi connectivity index (χ4v) is 2.50. The fourth-order valence-electron chi connectivity index (χ4n) is 2.07. The van der Waals surface area contributed by atoms with Crippen molar-refractivity contribution in [2.24, 2.45) is 0 Å². The van der Waals surface area contributed by atoms with Gasteiger partial charge in [0.1, 0.15) is 6.04 Å². The molecule has 0 bridgehead atoms. The molecular weight excluding hydrogens is 270 g/mol. The third-order valence-corrected chi connectivity index (χ3v) is 3.53. The summed E-state index contributed by atoms with van der Waals surface area (Å²) in [4.78, 5) is 31.8. The Morgan fingerprint density at radius 1 is 1.53 bits per heavy atom. The van der Waals surface area contributed by atoms with Crippen molar-refractivity contribution in [3.63, 3.8) is 0 Å². The summed E-state index contributed by atoms with van der Waals surface area (Å²) < 4.78 is 3.62. The number of fused-ring (bicyclic) bond motifs is 1. The Hall–Kier alpha value is -2.29. The van der Waals surface area contributed by atoms with Crippen molar-refractivity contribution in [1.29, 1.82) is 0 Å². The van der Waals surface area contributed by atoms with Gasteiger partial charge in [0, 0.05) is 11.8 Å². The highest BCUT2D eigenvalue weighted by atomic mass is 32.1. The number of carboxylic acid groups (broad SMARTS) is 1. The first-order valence-corrected chi connectivity index (χ1v) is 6.32. The normalized spacial score (nSPS) is 18.1. The molecule has 9 heteroatoms. The monoisotopic (exact) mass is 279 g/mol. The molecule has 3 rings (SSSR count). The molecule has 0 spiro atoms.